The number of aryl methyl sites for hydroxylation is 1. The number of aromatic nitrogens is 1. The molecule has 0 unspecified atom stereocenters. The van der Waals surface area contributed by atoms with Gasteiger partial charge in [0, 0.05) is 13.2 Å². The van der Waals surface area contributed by atoms with Crippen LogP contribution in [0.2, 0.25) is 0 Å². The topological polar surface area (TPSA) is 47.2 Å². The van der Waals surface area contributed by atoms with Crippen LogP contribution in [0.4, 0.5) is 0 Å². The highest BCUT2D eigenvalue weighted by molar-refractivity contribution is 5.88. The fourth-order valence-corrected chi connectivity index (χ4v) is 2.07. The van der Waals surface area contributed by atoms with Crippen molar-refractivity contribution in [3.05, 3.63) is 47.8 Å². The van der Waals surface area contributed by atoms with Gasteiger partial charge in [0.05, 0.1) is 11.3 Å². The summed E-state index contributed by atoms with van der Waals surface area (Å²) in [5, 5.41) is 9.29. The van der Waals surface area contributed by atoms with Crippen molar-refractivity contribution < 1.29 is 9.47 Å². The summed E-state index contributed by atoms with van der Waals surface area (Å²) in [6.07, 6.45) is 3.76. The van der Waals surface area contributed by atoms with Crippen LogP contribution in [0.3, 0.4) is 0 Å². The second-order valence-electron chi connectivity index (χ2n) is 4.29. The van der Waals surface area contributed by atoms with Crippen LogP contribution < -0.4 is 9.47 Å². The Labute approximate surface area is 111 Å². The van der Waals surface area contributed by atoms with Gasteiger partial charge in [0.1, 0.15) is 6.07 Å². The summed E-state index contributed by atoms with van der Waals surface area (Å²) in [4.78, 5) is 0. The first-order valence-corrected chi connectivity index (χ1v) is 5.91. The molecule has 1 aromatic carbocycles. The second-order valence-corrected chi connectivity index (χ2v) is 4.29. The number of allylic oxidation sites excluding steroid dienone is 1. The van der Waals surface area contributed by atoms with Gasteiger partial charge in [-0.25, -0.2) is 0 Å². The van der Waals surface area contributed by atoms with E-state index in [1.165, 1.54) is 0 Å². The van der Waals surface area contributed by atoms with E-state index in [1.807, 2.05) is 54.2 Å². The fourth-order valence-electron chi connectivity index (χ4n) is 2.07. The molecule has 3 rings (SSSR count). The number of rotatable bonds is 2. The lowest BCUT2D eigenvalue weighted by atomic mass is 10.1. The Morgan fingerprint density at radius 3 is 2.89 bits per heavy atom. The van der Waals surface area contributed by atoms with Crippen molar-refractivity contribution in [2.45, 2.75) is 0 Å². The molecular weight excluding hydrogens is 240 g/mol. The minimum Gasteiger partial charge on any atom is -0.454 e. The molecule has 19 heavy (non-hydrogen) atoms. The predicted octanol–water partition coefficient (Wildman–Crippen LogP) is 2.82. The van der Waals surface area contributed by atoms with Crippen LogP contribution in [0.5, 0.6) is 11.5 Å². The summed E-state index contributed by atoms with van der Waals surface area (Å²) in [5.74, 6) is 1.47. The molecule has 0 fully saturated rings. The molecule has 0 bridgehead atoms. The van der Waals surface area contributed by atoms with Crippen molar-refractivity contribution >= 4 is 11.6 Å². The minimum atomic E-state index is 0.255. The van der Waals surface area contributed by atoms with Gasteiger partial charge in [-0.2, -0.15) is 5.26 Å². The Morgan fingerprint density at radius 1 is 1.32 bits per heavy atom. The lowest BCUT2D eigenvalue weighted by molar-refractivity contribution is 0.174. The average Bonchev–Trinajstić information content (AvgIpc) is 3.04. The van der Waals surface area contributed by atoms with Crippen LogP contribution in [0, 0.1) is 11.3 Å². The number of ether oxygens (including phenoxy) is 2. The van der Waals surface area contributed by atoms with Gasteiger partial charge in [-0.15, -0.1) is 0 Å². The highest BCUT2D eigenvalue weighted by Gasteiger charge is 2.13. The van der Waals surface area contributed by atoms with Gasteiger partial charge in [-0.05, 0) is 35.9 Å². The van der Waals surface area contributed by atoms with E-state index in [1.54, 1.807) is 0 Å². The largest absolute Gasteiger partial charge is 0.454 e. The smallest absolute Gasteiger partial charge is 0.231 e. The Balaban J connectivity index is 2.00. The van der Waals surface area contributed by atoms with Crippen molar-refractivity contribution in [3.63, 3.8) is 0 Å². The first-order valence-electron chi connectivity index (χ1n) is 5.91. The van der Waals surface area contributed by atoms with E-state index < -0.39 is 0 Å². The average molecular weight is 252 g/mol. The maximum Gasteiger partial charge on any atom is 0.231 e. The van der Waals surface area contributed by atoms with E-state index in [2.05, 4.69) is 6.07 Å². The van der Waals surface area contributed by atoms with Crippen molar-refractivity contribution in [2.24, 2.45) is 7.05 Å². The Kier molecular flexibility index (Phi) is 2.73. The number of nitriles is 1. The van der Waals surface area contributed by atoms with Gasteiger partial charge in [0.15, 0.2) is 11.5 Å². The number of hydrogen-bond acceptors (Lipinski definition) is 3. The van der Waals surface area contributed by atoms with Gasteiger partial charge in [0.25, 0.3) is 0 Å². The Morgan fingerprint density at radius 2 is 2.16 bits per heavy atom. The molecule has 0 saturated heterocycles. The quantitative estimate of drug-likeness (QED) is 0.772. The third-order valence-corrected chi connectivity index (χ3v) is 3.05. The lowest BCUT2D eigenvalue weighted by Crippen LogP contribution is -1.93. The molecular formula is C15H12N2O2. The van der Waals surface area contributed by atoms with Crippen LogP contribution in [0.15, 0.2) is 36.5 Å². The number of fused-ring (bicyclic) bond motifs is 1. The number of benzene rings is 1. The van der Waals surface area contributed by atoms with Crippen molar-refractivity contribution in [1.29, 1.82) is 5.26 Å². The maximum atomic E-state index is 9.29. The Bertz CT molecular complexity index is 692. The molecule has 0 radical (unpaired) electrons. The number of hydrogen-bond donors (Lipinski definition) is 0. The van der Waals surface area contributed by atoms with Gasteiger partial charge < -0.3 is 14.0 Å². The van der Waals surface area contributed by atoms with Gasteiger partial charge >= 0.3 is 0 Å². The molecule has 0 N–H and O–H groups in total. The SMILES string of the molecule is Cn1cccc1/C(C#N)=C/c1ccc2c(c1)OCO2. The van der Waals surface area contributed by atoms with Crippen LogP contribution >= 0.6 is 0 Å². The maximum absolute atomic E-state index is 9.29. The molecule has 4 nitrogen and oxygen atoms in total. The van der Waals surface area contributed by atoms with Crippen LogP contribution in [0.1, 0.15) is 11.3 Å². The van der Waals surface area contributed by atoms with Crippen molar-refractivity contribution in [3.8, 4) is 17.6 Å². The minimum absolute atomic E-state index is 0.255. The Hall–Kier alpha value is -2.67. The van der Waals surface area contributed by atoms with Gasteiger partial charge in [-0.3, -0.25) is 0 Å². The van der Waals surface area contributed by atoms with Crippen molar-refractivity contribution in [2.75, 3.05) is 6.79 Å². The number of nitrogens with zero attached hydrogens (tertiary/aromatic N) is 2. The predicted molar refractivity (Wildman–Crippen MR) is 71.5 cm³/mol. The summed E-state index contributed by atoms with van der Waals surface area (Å²) in [6, 6.07) is 11.7. The fraction of sp³-hybridized carbons (Fsp3) is 0.133. The van der Waals surface area contributed by atoms with Crippen molar-refractivity contribution in [1.82, 2.24) is 4.57 Å². The van der Waals surface area contributed by atoms with E-state index in [9.17, 15) is 5.26 Å². The highest BCUT2D eigenvalue weighted by Crippen LogP contribution is 2.33. The highest BCUT2D eigenvalue weighted by atomic mass is 16.7. The van der Waals surface area contributed by atoms with Gasteiger partial charge in [-0.1, -0.05) is 6.07 Å². The molecule has 0 amide bonds. The summed E-state index contributed by atoms with van der Waals surface area (Å²) in [6.45, 7) is 0.255. The third-order valence-electron chi connectivity index (χ3n) is 3.05. The molecule has 0 saturated carbocycles. The standard InChI is InChI=1S/C15H12N2O2/c1-17-6-2-3-13(17)12(9-16)7-11-4-5-14-15(8-11)19-10-18-14/h2-8H,10H2,1H3/b12-7+. The molecule has 2 aromatic rings. The van der Waals surface area contributed by atoms with Crippen LogP contribution in [0.25, 0.3) is 11.6 Å². The van der Waals surface area contributed by atoms with E-state index in [4.69, 9.17) is 9.47 Å². The monoisotopic (exact) mass is 252 g/mol. The normalized spacial score (nSPS) is 13.4. The van der Waals surface area contributed by atoms with Gasteiger partial charge in [0.2, 0.25) is 6.79 Å². The summed E-state index contributed by atoms with van der Waals surface area (Å²) in [7, 11) is 1.92. The lowest BCUT2D eigenvalue weighted by Gasteiger charge is -2.02. The first kappa shape index (κ1) is 11.4. The molecule has 2 heterocycles. The third kappa shape index (κ3) is 2.06. The summed E-state index contributed by atoms with van der Waals surface area (Å²) < 4.78 is 12.5. The molecule has 0 aliphatic carbocycles. The molecule has 4 heteroatoms. The molecule has 0 spiro atoms. The molecule has 1 aliphatic rings. The molecule has 0 atom stereocenters. The molecule has 1 aliphatic heterocycles. The van der Waals surface area contributed by atoms with Crippen LogP contribution in [-0.2, 0) is 7.05 Å². The zero-order chi connectivity index (χ0) is 13.2. The molecule has 1 aromatic heterocycles. The second kappa shape index (κ2) is 4.54. The first-order chi connectivity index (χ1) is 9.28. The van der Waals surface area contributed by atoms with E-state index >= 15 is 0 Å². The summed E-state index contributed by atoms with van der Waals surface area (Å²) in [5.41, 5.74) is 2.42. The zero-order valence-corrected chi connectivity index (χ0v) is 10.5. The van der Waals surface area contributed by atoms with E-state index in [0.29, 0.717) is 5.57 Å². The van der Waals surface area contributed by atoms with E-state index in [-0.39, 0.29) is 6.79 Å². The van der Waals surface area contributed by atoms with Crippen LogP contribution in [-0.4, -0.2) is 11.4 Å². The zero-order valence-electron chi connectivity index (χ0n) is 10.5. The molecule has 94 valence electrons. The van der Waals surface area contributed by atoms with E-state index in [0.717, 1.165) is 22.8 Å². The summed E-state index contributed by atoms with van der Waals surface area (Å²) >= 11 is 0.